The number of hydrogen-bond acceptors (Lipinski definition) is 6. The molecular weight excluding hydrogens is 723 g/mol. The van der Waals surface area contributed by atoms with Gasteiger partial charge < -0.3 is 19.3 Å². The average molecular weight is 757 g/mol. The van der Waals surface area contributed by atoms with Crippen LogP contribution in [0.2, 0.25) is 0 Å². The number of rotatable bonds is 4. The molecule has 3 aliphatic rings. The van der Waals surface area contributed by atoms with Crippen LogP contribution in [0.4, 0.5) is 34.1 Å². The van der Waals surface area contributed by atoms with Crippen LogP contribution in [0.25, 0.3) is 41.1 Å². The number of ether oxygens (including phenoxy) is 2. The van der Waals surface area contributed by atoms with E-state index >= 15 is 0 Å². The summed E-state index contributed by atoms with van der Waals surface area (Å²) in [5.74, 6) is 1.61. The van der Waals surface area contributed by atoms with E-state index in [0.717, 1.165) is 34.2 Å². The van der Waals surface area contributed by atoms with Crippen molar-refractivity contribution in [2.45, 2.75) is 6.92 Å². The minimum absolute atomic E-state index is 0.0279. The van der Waals surface area contributed by atoms with Crippen LogP contribution in [0.3, 0.4) is 0 Å². The first-order chi connectivity index (χ1) is 27.7. The molecule has 7 heteroatoms. The molecule has 2 aromatic heterocycles. The van der Waals surface area contributed by atoms with E-state index in [1.54, 1.807) is 0 Å². The van der Waals surface area contributed by atoms with Crippen molar-refractivity contribution < 1.29 is 9.47 Å². The molecule has 266 valence electrons. The fourth-order valence-electron chi connectivity index (χ4n) is 9.04. The van der Waals surface area contributed by atoms with E-state index in [9.17, 15) is 0 Å². The van der Waals surface area contributed by atoms with Crippen molar-refractivity contribution in [3.8, 4) is 32.4 Å². The lowest BCUT2D eigenvalue weighted by atomic mass is 9.33. The van der Waals surface area contributed by atoms with Gasteiger partial charge in [-0.2, -0.15) is 0 Å². The summed E-state index contributed by atoms with van der Waals surface area (Å²) in [4.78, 5) is 7.47. The van der Waals surface area contributed by atoms with Gasteiger partial charge in [-0.1, -0.05) is 84.9 Å². The molecule has 0 unspecified atom stereocenters. The molecule has 0 atom stereocenters. The number of nitrogens with zero attached hydrogens (tertiary/aromatic N) is 2. The summed E-state index contributed by atoms with van der Waals surface area (Å²) < 4.78 is 15.4. The van der Waals surface area contributed by atoms with Crippen LogP contribution in [0, 0.1) is 6.92 Å². The third kappa shape index (κ3) is 4.84. The van der Waals surface area contributed by atoms with Crippen LogP contribution in [0.1, 0.15) is 5.56 Å². The van der Waals surface area contributed by atoms with Crippen LogP contribution >= 0.6 is 22.7 Å². The Hall–Kier alpha value is -6.28. The smallest absolute Gasteiger partial charge is 0.252 e. The van der Waals surface area contributed by atoms with Crippen molar-refractivity contribution in [3.63, 3.8) is 0 Å². The lowest BCUT2D eigenvalue weighted by molar-refractivity contribution is 0.172. The maximum absolute atomic E-state index is 6.55. The van der Waals surface area contributed by atoms with Crippen LogP contribution in [0.5, 0.6) is 11.5 Å². The topological polar surface area (TPSA) is 24.9 Å². The normalized spacial score (nSPS) is 13.8. The first-order valence-electron chi connectivity index (χ1n) is 19.1. The molecule has 12 rings (SSSR count). The first-order valence-corrected chi connectivity index (χ1v) is 20.7. The Morgan fingerprint density at radius 2 is 1.16 bits per heavy atom. The van der Waals surface area contributed by atoms with Crippen molar-refractivity contribution in [3.05, 3.63) is 163 Å². The minimum atomic E-state index is -0.0279. The highest BCUT2D eigenvalue weighted by Crippen LogP contribution is 2.50. The molecule has 56 heavy (non-hydrogen) atoms. The van der Waals surface area contributed by atoms with Crippen molar-refractivity contribution in [1.82, 2.24) is 0 Å². The SMILES string of the molecule is Cc1cc2c3c(c1)N(c1ccccc1)c1c(ccc4c1OCCO4)B3c1ccc(-c3cc4ccccc4s3)cc1N2c1cccc(-c2cc3ccccc3s2)c1. The zero-order chi connectivity index (χ0) is 36.9. The highest BCUT2D eigenvalue weighted by atomic mass is 32.1. The van der Waals surface area contributed by atoms with Crippen molar-refractivity contribution in [2.75, 3.05) is 23.0 Å². The summed E-state index contributed by atoms with van der Waals surface area (Å²) in [6.07, 6.45) is 0. The minimum Gasteiger partial charge on any atom is -0.486 e. The van der Waals surface area contributed by atoms with Gasteiger partial charge in [0.1, 0.15) is 13.2 Å². The Morgan fingerprint density at radius 1 is 0.518 bits per heavy atom. The molecule has 0 N–H and O–H groups in total. The maximum atomic E-state index is 6.55. The molecule has 0 spiro atoms. The number of thiophene rings is 2. The van der Waals surface area contributed by atoms with Gasteiger partial charge in [0.05, 0.1) is 5.69 Å². The van der Waals surface area contributed by atoms with Gasteiger partial charge in [-0.25, -0.2) is 0 Å². The Bertz CT molecular complexity index is 2980. The van der Waals surface area contributed by atoms with Gasteiger partial charge in [0.2, 0.25) is 0 Å². The number of benzene rings is 7. The molecule has 0 fully saturated rings. The second-order valence-electron chi connectivity index (χ2n) is 14.8. The van der Waals surface area contributed by atoms with Gasteiger partial charge in [-0.05, 0) is 124 Å². The molecule has 7 aromatic carbocycles. The van der Waals surface area contributed by atoms with Crippen molar-refractivity contribution in [2.24, 2.45) is 0 Å². The second-order valence-corrected chi connectivity index (χ2v) is 17.0. The third-order valence-corrected chi connectivity index (χ3v) is 13.8. The van der Waals surface area contributed by atoms with Gasteiger partial charge in [0.15, 0.2) is 11.5 Å². The van der Waals surface area contributed by atoms with E-state index < -0.39 is 0 Å². The summed E-state index contributed by atoms with van der Waals surface area (Å²) in [5.41, 5.74) is 14.2. The van der Waals surface area contributed by atoms with Crippen molar-refractivity contribution in [1.29, 1.82) is 0 Å². The standard InChI is InChI=1S/C49H33BN2O2S2/c1-30-24-40-47-41(25-30)52(35-13-3-2-4-14-35)48-38(20-21-42-49(48)54-23-22-53-42)50(47)37-19-18-34(46-29-33-11-6-8-17-44(33)56-46)27-39(37)51(40)36-15-9-12-31(26-36)45-28-32-10-5-7-16-43(32)55-45/h2-21,24-29H,22-23H2,1H3. The lowest BCUT2D eigenvalue weighted by Gasteiger charge is -2.45. The molecule has 0 bridgehead atoms. The van der Waals surface area contributed by atoms with E-state index in [-0.39, 0.29) is 6.71 Å². The predicted molar refractivity (Wildman–Crippen MR) is 238 cm³/mol. The molecule has 0 aliphatic carbocycles. The maximum Gasteiger partial charge on any atom is 0.252 e. The van der Waals surface area contributed by atoms with E-state index in [2.05, 4.69) is 174 Å². The molecule has 0 saturated carbocycles. The number of para-hydroxylation sites is 1. The van der Waals surface area contributed by atoms with Crippen molar-refractivity contribution >= 4 is 100 Å². The number of aryl methyl sites for hydroxylation is 1. The fourth-order valence-corrected chi connectivity index (χ4v) is 11.2. The summed E-state index contributed by atoms with van der Waals surface area (Å²) >= 11 is 3.71. The van der Waals surface area contributed by atoms with Gasteiger partial charge in [0, 0.05) is 47.6 Å². The summed E-state index contributed by atoms with van der Waals surface area (Å²) in [6.45, 7) is 3.25. The summed E-state index contributed by atoms with van der Waals surface area (Å²) in [6, 6.07) is 58.1. The number of hydrogen-bond donors (Lipinski definition) is 0. The monoisotopic (exact) mass is 756 g/mol. The zero-order valence-corrected chi connectivity index (χ0v) is 32.2. The molecule has 5 heterocycles. The molecular formula is C49H33BN2O2S2. The highest BCUT2D eigenvalue weighted by molar-refractivity contribution is 7.22. The Morgan fingerprint density at radius 3 is 1.91 bits per heavy atom. The van der Waals surface area contributed by atoms with Crippen LogP contribution in [-0.2, 0) is 0 Å². The van der Waals surface area contributed by atoms with E-state index in [4.69, 9.17) is 9.47 Å². The molecule has 0 radical (unpaired) electrons. The average Bonchev–Trinajstić information content (AvgIpc) is 3.89. The van der Waals surface area contributed by atoms with Gasteiger partial charge >= 0.3 is 0 Å². The highest BCUT2D eigenvalue weighted by Gasteiger charge is 2.45. The van der Waals surface area contributed by atoms with Gasteiger partial charge in [-0.3, -0.25) is 0 Å². The van der Waals surface area contributed by atoms with E-state index in [1.165, 1.54) is 74.4 Å². The Labute approximate surface area is 333 Å². The third-order valence-electron chi connectivity index (χ3n) is 11.4. The molecule has 4 nitrogen and oxygen atoms in total. The fraction of sp³-hybridized carbons (Fsp3) is 0.0612. The predicted octanol–water partition coefficient (Wildman–Crippen LogP) is 11.6. The number of fused-ring (bicyclic) bond motifs is 8. The van der Waals surface area contributed by atoms with Crippen LogP contribution in [0.15, 0.2) is 158 Å². The molecule has 0 saturated heterocycles. The van der Waals surface area contributed by atoms with Gasteiger partial charge in [-0.15, -0.1) is 22.7 Å². The molecule has 0 amide bonds. The molecule has 9 aromatic rings. The summed E-state index contributed by atoms with van der Waals surface area (Å²) in [7, 11) is 0. The second kappa shape index (κ2) is 12.4. The zero-order valence-electron chi connectivity index (χ0n) is 30.5. The Balaban J connectivity index is 1.14. The van der Waals surface area contributed by atoms with Crippen LogP contribution in [-0.4, -0.2) is 19.9 Å². The van der Waals surface area contributed by atoms with Crippen LogP contribution < -0.4 is 35.7 Å². The largest absolute Gasteiger partial charge is 0.486 e. The molecule has 3 aliphatic heterocycles. The number of anilines is 6. The van der Waals surface area contributed by atoms with E-state index in [0.29, 0.717) is 13.2 Å². The van der Waals surface area contributed by atoms with Gasteiger partial charge in [0.25, 0.3) is 6.71 Å². The Kier molecular flexibility index (Phi) is 7.07. The summed E-state index contributed by atoms with van der Waals surface area (Å²) in [5, 5.41) is 2.55. The first kappa shape index (κ1) is 32.0. The van der Waals surface area contributed by atoms with E-state index in [1.807, 2.05) is 22.7 Å². The lowest BCUT2D eigenvalue weighted by Crippen LogP contribution is -2.61. The quantitative estimate of drug-likeness (QED) is 0.167.